The molecule has 0 fully saturated rings. The molecule has 0 bridgehead atoms. The second kappa shape index (κ2) is 6.44. The molecule has 0 atom stereocenters. The van der Waals surface area contributed by atoms with Crippen molar-refractivity contribution in [3.8, 4) is 11.3 Å². The number of pyridine rings is 1. The number of benzene rings is 1. The van der Waals surface area contributed by atoms with E-state index in [1.165, 1.54) is 0 Å². The van der Waals surface area contributed by atoms with Gasteiger partial charge >= 0.3 is 0 Å². The summed E-state index contributed by atoms with van der Waals surface area (Å²) in [6.45, 7) is 0. The number of hydrogen-bond donors (Lipinski definition) is 2. The molecule has 0 unspecified atom stereocenters. The van der Waals surface area contributed by atoms with Crippen molar-refractivity contribution in [3.63, 3.8) is 0 Å². The van der Waals surface area contributed by atoms with Crippen LogP contribution in [0, 0.1) is 0 Å². The van der Waals surface area contributed by atoms with Crippen LogP contribution in [0.4, 0.5) is 5.69 Å². The number of rotatable bonds is 4. The summed E-state index contributed by atoms with van der Waals surface area (Å²) in [7, 11) is 0. The summed E-state index contributed by atoms with van der Waals surface area (Å²) in [5.74, 6) is -0.221. The van der Waals surface area contributed by atoms with Crippen LogP contribution in [0.3, 0.4) is 0 Å². The maximum Gasteiger partial charge on any atom is 0.273 e. The van der Waals surface area contributed by atoms with Crippen molar-refractivity contribution >= 4 is 23.4 Å². The summed E-state index contributed by atoms with van der Waals surface area (Å²) in [5.41, 5.74) is 2.72. The highest BCUT2D eigenvalue weighted by Crippen LogP contribution is 2.20. The third kappa shape index (κ3) is 3.17. The zero-order valence-corrected chi connectivity index (χ0v) is 12.7. The van der Waals surface area contributed by atoms with Gasteiger partial charge in [-0.25, -0.2) is 0 Å². The van der Waals surface area contributed by atoms with Crippen LogP contribution in [0.25, 0.3) is 11.3 Å². The zero-order valence-electron chi connectivity index (χ0n) is 11.9. The number of anilines is 1. The highest BCUT2D eigenvalue weighted by atomic mass is 32.2. The SMILES string of the molecule is CSc1cccc(NC(=O)c2cc(-c3cccnc3)n[nH]2)c1. The van der Waals surface area contributed by atoms with Gasteiger partial charge in [-0.05, 0) is 42.7 Å². The fourth-order valence-electron chi connectivity index (χ4n) is 2.00. The molecule has 0 saturated carbocycles. The van der Waals surface area contributed by atoms with E-state index in [4.69, 9.17) is 0 Å². The van der Waals surface area contributed by atoms with Crippen LogP contribution < -0.4 is 5.32 Å². The van der Waals surface area contributed by atoms with Crippen molar-refractivity contribution in [2.75, 3.05) is 11.6 Å². The molecule has 22 heavy (non-hydrogen) atoms. The molecule has 0 spiro atoms. The van der Waals surface area contributed by atoms with Crippen molar-refractivity contribution in [2.24, 2.45) is 0 Å². The Labute approximate surface area is 132 Å². The summed E-state index contributed by atoms with van der Waals surface area (Å²) < 4.78 is 0. The first-order chi connectivity index (χ1) is 10.8. The molecule has 110 valence electrons. The molecule has 0 aliphatic heterocycles. The molecule has 0 saturated heterocycles. The molecule has 2 heterocycles. The van der Waals surface area contributed by atoms with E-state index in [-0.39, 0.29) is 5.91 Å². The largest absolute Gasteiger partial charge is 0.321 e. The van der Waals surface area contributed by atoms with Crippen LogP contribution in [0.1, 0.15) is 10.5 Å². The highest BCUT2D eigenvalue weighted by Gasteiger charge is 2.11. The molecule has 2 aromatic heterocycles. The number of carbonyl (C=O) groups is 1. The third-order valence-corrected chi connectivity index (χ3v) is 3.83. The molecule has 3 rings (SSSR count). The van der Waals surface area contributed by atoms with Gasteiger partial charge in [-0.3, -0.25) is 14.9 Å². The Bertz CT molecular complexity index is 786. The van der Waals surface area contributed by atoms with Gasteiger partial charge in [0.05, 0.1) is 5.69 Å². The van der Waals surface area contributed by atoms with Gasteiger partial charge in [0.25, 0.3) is 5.91 Å². The lowest BCUT2D eigenvalue weighted by Crippen LogP contribution is -2.12. The van der Waals surface area contributed by atoms with Crippen LogP contribution in [0.2, 0.25) is 0 Å². The molecule has 0 radical (unpaired) electrons. The van der Waals surface area contributed by atoms with Gasteiger partial charge in [-0.1, -0.05) is 6.07 Å². The van der Waals surface area contributed by atoms with Crippen molar-refractivity contribution in [3.05, 3.63) is 60.6 Å². The predicted octanol–water partition coefficient (Wildman–Crippen LogP) is 3.45. The molecule has 1 amide bonds. The standard InChI is InChI=1S/C16H14N4OS/c1-22-13-6-2-5-12(8-13)18-16(21)15-9-14(19-20-15)11-4-3-7-17-10-11/h2-10H,1H3,(H,18,21)(H,19,20). The van der Waals surface area contributed by atoms with E-state index < -0.39 is 0 Å². The second-order valence-corrected chi connectivity index (χ2v) is 5.47. The van der Waals surface area contributed by atoms with Crippen molar-refractivity contribution in [2.45, 2.75) is 4.90 Å². The Morgan fingerprint density at radius 3 is 2.91 bits per heavy atom. The zero-order chi connectivity index (χ0) is 15.4. The average molecular weight is 310 g/mol. The van der Waals surface area contributed by atoms with E-state index in [0.29, 0.717) is 11.4 Å². The van der Waals surface area contributed by atoms with Crippen LogP contribution >= 0.6 is 11.8 Å². The monoisotopic (exact) mass is 310 g/mol. The first-order valence-electron chi connectivity index (χ1n) is 6.67. The number of nitrogens with zero attached hydrogens (tertiary/aromatic N) is 2. The molecule has 5 nitrogen and oxygen atoms in total. The Morgan fingerprint density at radius 2 is 2.14 bits per heavy atom. The highest BCUT2D eigenvalue weighted by molar-refractivity contribution is 7.98. The summed E-state index contributed by atoms with van der Waals surface area (Å²) in [5, 5.41) is 9.77. The van der Waals surface area contributed by atoms with E-state index in [1.54, 1.807) is 30.2 Å². The molecular weight excluding hydrogens is 296 g/mol. The molecule has 6 heteroatoms. The number of thioether (sulfide) groups is 1. The quantitative estimate of drug-likeness (QED) is 0.724. The van der Waals surface area contributed by atoms with Crippen LogP contribution in [0.15, 0.2) is 59.8 Å². The number of hydrogen-bond acceptors (Lipinski definition) is 4. The van der Waals surface area contributed by atoms with E-state index in [2.05, 4.69) is 20.5 Å². The van der Waals surface area contributed by atoms with Crippen LogP contribution in [-0.4, -0.2) is 27.3 Å². The summed E-state index contributed by atoms with van der Waals surface area (Å²) in [6.07, 6.45) is 5.40. The first-order valence-corrected chi connectivity index (χ1v) is 7.90. The Hall–Kier alpha value is -2.60. The maximum absolute atomic E-state index is 12.3. The molecule has 3 aromatic rings. The molecule has 0 aliphatic carbocycles. The third-order valence-electron chi connectivity index (χ3n) is 3.11. The Kier molecular flexibility index (Phi) is 4.20. The van der Waals surface area contributed by atoms with E-state index in [9.17, 15) is 4.79 Å². The van der Waals surface area contributed by atoms with Gasteiger partial charge in [0, 0.05) is 28.5 Å². The van der Waals surface area contributed by atoms with E-state index in [0.717, 1.165) is 16.1 Å². The van der Waals surface area contributed by atoms with Crippen LogP contribution in [0.5, 0.6) is 0 Å². The van der Waals surface area contributed by atoms with Crippen LogP contribution in [-0.2, 0) is 0 Å². The van der Waals surface area contributed by atoms with Gasteiger partial charge < -0.3 is 5.32 Å². The minimum Gasteiger partial charge on any atom is -0.321 e. The first kappa shape index (κ1) is 14.3. The summed E-state index contributed by atoms with van der Waals surface area (Å²) in [4.78, 5) is 17.4. The van der Waals surface area contributed by atoms with Crippen molar-refractivity contribution in [1.82, 2.24) is 15.2 Å². The molecule has 2 N–H and O–H groups in total. The summed E-state index contributed by atoms with van der Waals surface area (Å²) >= 11 is 1.63. The van der Waals surface area contributed by atoms with Gasteiger partial charge in [0.2, 0.25) is 0 Å². The number of aromatic amines is 1. The predicted molar refractivity (Wildman–Crippen MR) is 88.0 cm³/mol. The van der Waals surface area contributed by atoms with E-state index >= 15 is 0 Å². The lowest BCUT2D eigenvalue weighted by Gasteiger charge is -2.04. The Balaban J connectivity index is 1.77. The lowest BCUT2D eigenvalue weighted by molar-refractivity contribution is 0.102. The number of amides is 1. The maximum atomic E-state index is 12.3. The lowest BCUT2D eigenvalue weighted by atomic mass is 10.2. The van der Waals surface area contributed by atoms with Crippen molar-refractivity contribution < 1.29 is 4.79 Å². The van der Waals surface area contributed by atoms with Gasteiger partial charge in [-0.15, -0.1) is 11.8 Å². The topological polar surface area (TPSA) is 70.7 Å². The van der Waals surface area contributed by atoms with Crippen molar-refractivity contribution in [1.29, 1.82) is 0 Å². The minimum absolute atomic E-state index is 0.221. The normalized spacial score (nSPS) is 10.4. The van der Waals surface area contributed by atoms with Gasteiger partial charge in [-0.2, -0.15) is 5.10 Å². The molecular formula is C16H14N4OS. The number of aromatic nitrogens is 3. The fourth-order valence-corrected chi connectivity index (χ4v) is 2.46. The number of carbonyl (C=O) groups excluding carboxylic acids is 1. The number of nitrogens with one attached hydrogen (secondary N) is 2. The smallest absolute Gasteiger partial charge is 0.273 e. The Morgan fingerprint density at radius 1 is 1.23 bits per heavy atom. The molecule has 0 aliphatic rings. The second-order valence-electron chi connectivity index (χ2n) is 4.59. The van der Waals surface area contributed by atoms with Gasteiger partial charge in [0.15, 0.2) is 0 Å². The molecule has 1 aromatic carbocycles. The van der Waals surface area contributed by atoms with E-state index in [1.807, 2.05) is 42.7 Å². The summed E-state index contributed by atoms with van der Waals surface area (Å²) in [6, 6.07) is 13.1. The average Bonchev–Trinajstić information content (AvgIpc) is 3.06. The van der Waals surface area contributed by atoms with Gasteiger partial charge in [0.1, 0.15) is 5.69 Å². The minimum atomic E-state index is -0.221. The number of H-pyrrole nitrogens is 1. The fraction of sp³-hybridized carbons (Fsp3) is 0.0625.